The van der Waals surface area contributed by atoms with Crippen LogP contribution in [0.2, 0.25) is 0 Å². The molecule has 6 aliphatic rings. The monoisotopic (exact) mass is 2200 g/mol. The zero-order valence-corrected chi connectivity index (χ0v) is 85.4. The number of hydrogen-bond acceptors (Lipinski definition) is 53. The zero-order valence-electron chi connectivity index (χ0n) is 78.5. The van der Waals surface area contributed by atoms with Crippen LogP contribution < -0.4 is 87.5 Å². The van der Waals surface area contributed by atoms with Gasteiger partial charge in [0.1, 0.15) is 123 Å². The molecule has 11 N–H and O–H groups in total. The molecule has 6 fully saturated rings. The van der Waals surface area contributed by atoms with E-state index in [0.29, 0.717) is 5.56 Å². The number of fused-ring (bicyclic) bond motifs is 1. The minimum atomic E-state index is -6.27. The number of aryl methyl sites for hydroxylation is 5. The van der Waals surface area contributed by atoms with E-state index in [2.05, 4.69) is 39.9 Å². The van der Waals surface area contributed by atoms with Gasteiger partial charge in [0.05, 0.1) is 118 Å². The Morgan fingerprint density at radius 3 is 1.19 bits per heavy atom. The number of methoxy groups -OCH3 is 5. The number of phosphoric ester groups is 2. The summed E-state index contributed by atoms with van der Waals surface area (Å²) in [6, 6.07) is 0. The van der Waals surface area contributed by atoms with Crippen LogP contribution in [0.5, 0.6) is 0 Å². The number of nitrogens with one attached hydrogen (secondary N) is 4. The molecule has 0 spiro atoms. The maximum absolute atomic E-state index is 15.5. The number of aliphatic hydroxyl groups is 1. The highest BCUT2D eigenvalue weighted by molar-refractivity contribution is 8.32. The maximum Gasteiger partial charge on any atom is 0.351 e. The fourth-order valence-corrected chi connectivity index (χ4v) is 22.4. The van der Waals surface area contributed by atoms with E-state index in [1.54, 1.807) is 13.8 Å². The number of hydrogen-bond donors (Lipinski definition) is 8. The van der Waals surface area contributed by atoms with E-state index in [4.69, 9.17) is 174 Å². The number of imidazole rings is 1. The van der Waals surface area contributed by atoms with Crippen LogP contribution in [-0.4, -0.2) is 311 Å². The number of H-pyrrole nitrogens is 4. The van der Waals surface area contributed by atoms with Crippen molar-refractivity contribution >= 4 is 100 Å². The lowest BCUT2D eigenvalue weighted by Gasteiger charge is -2.36. The van der Waals surface area contributed by atoms with E-state index < -0.39 is 292 Å². The number of ether oxygens (including phenoxy) is 16. The van der Waals surface area contributed by atoms with Crippen LogP contribution >= 0.6 is 35.9 Å². The third-order valence-electron chi connectivity index (χ3n) is 23.2. The summed E-state index contributed by atoms with van der Waals surface area (Å²) in [6.45, 7) is -15.2. The molecule has 7 aromatic rings. The first-order valence-corrected chi connectivity index (χ1v) is 54.5. The molecule has 7 aromatic heterocycles. The Morgan fingerprint density at radius 1 is 0.417 bits per heavy atom. The standard InChI is InChI=1S/C76H112N17O43P5S3/c1-12-40-41(23-47(126-40)88-26-37(4)62(95)85-74(88)101)132-139(108,142)124-32-45-51(55(117-19-14-112-8)67(129-45)91-27-38(5)63(96)86-75(91)102)134-137(104,105)121-30-43-50(56(118-20-15-113-9)70(131-43)93-34-80-48-61(93)83-71(79)84-65(48)98)133-138(106,107)122-31-44-52(57(119-21-16-114-10)68(128-44)90-25-36(3)60(78)82-73(90)100)135-141(110,144)125-33-46-53(58(120-22-17-115-11)69(130-46)92-28-39(6)64(97)87-76(92)103)136-140(109,143)123-29-42-49(94)54(116-18-13-111-7)66(127-42)89-24-35(2)59(77)81-72(89)99/h24-28,34,40-47,49-58,66-70,94H,12-23,29-33H2,1-11H3,(H,104,105)(H,106,107)(H,108,142)(H,109,143)(H,110,144)(H2,77,81,99)(H2,78,82,100)(H,85,95,101)(H,86,96,102)(H,87,97,103)(H3,79,83,84,98)/p-5/t40-,41?,42-,43-,44-,45-,46-,47-,49?,50?,51?,52?,53?,54+,55+,56+,57+,58+,66-,67-,68-,69-,70-,139?,140?,141?/m1/s1. The zero-order chi connectivity index (χ0) is 105. The minimum absolute atomic E-state index is 0.00637. The van der Waals surface area contributed by atoms with Crippen molar-refractivity contribution in [2.24, 2.45) is 0 Å². The molecule has 0 amide bonds. The van der Waals surface area contributed by atoms with E-state index in [1.807, 2.05) is 0 Å². The minimum Gasteiger partial charge on any atom is -0.780 e. The lowest BCUT2D eigenvalue weighted by atomic mass is 10.1. The molecule has 6 saturated heterocycles. The second-order valence-electron chi connectivity index (χ2n) is 33.1. The molecule has 28 atom stereocenters. The molecule has 60 nitrogen and oxygen atoms in total. The SMILES string of the molecule is CC[C@H]1O[C@@H](n2cc(C)c(=O)[nH]c2=O)CC1OP([O-])(=S)OC[C@H]1O[C@@H](n2cc(C)c(=O)[nH]c2=O)[C@@H](OCCOC)C1OP(=O)([O-])OC[C@H]1O[C@@H](n2cnc3c(=O)[nH]c(N)nc32)[C@@H](OCCOC)C1OP(=O)([O-])OC[C@H]1O[C@@H](n2cc(C)c(N)nc2=O)[C@@H](OCCOC)C1OP(=O)([S-])OC[C@H]1O[C@@H](n2cc(C)c(=O)[nH]c2=O)[C@@H](OCCOC)C1OP([O-])(=S)OC[C@H]1O[C@@H](n2cc(C)c(N)nc2=O)[C@@H](OCCOC)C1O. The first-order valence-electron chi connectivity index (χ1n) is 43.9. The van der Waals surface area contributed by atoms with Gasteiger partial charge in [-0.05, 0) is 41.0 Å². The first-order chi connectivity index (χ1) is 68.2. The van der Waals surface area contributed by atoms with Crippen molar-refractivity contribution in [2.75, 3.05) is 152 Å². The average molecular weight is 2200 g/mol. The highest BCUT2D eigenvalue weighted by Gasteiger charge is 2.57. The molecule has 68 heteroatoms. The largest absolute Gasteiger partial charge is 0.780 e. The number of nitrogens with two attached hydrogens (primary N) is 3. The van der Waals surface area contributed by atoms with Gasteiger partial charge >= 0.3 is 28.4 Å². The molecule has 13 rings (SSSR count). The van der Waals surface area contributed by atoms with Gasteiger partial charge in [0.25, 0.3) is 37.9 Å². The van der Waals surface area contributed by atoms with Crippen molar-refractivity contribution in [3.8, 4) is 0 Å². The van der Waals surface area contributed by atoms with E-state index in [1.165, 1.54) is 75.6 Å². The van der Waals surface area contributed by atoms with Gasteiger partial charge in [-0.25, -0.2) is 29.0 Å². The summed E-state index contributed by atoms with van der Waals surface area (Å²) in [5.74, 6) is -0.867. The van der Waals surface area contributed by atoms with Crippen molar-refractivity contribution in [1.82, 2.24) is 67.3 Å². The average Bonchev–Trinajstić information content (AvgIpc) is 1.60. The van der Waals surface area contributed by atoms with Crippen molar-refractivity contribution in [1.29, 1.82) is 0 Å². The third-order valence-corrected chi connectivity index (χ3v) is 29.8. The Balaban J connectivity index is 0.804. The molecule has 0 radical (unpaired) electrons. The number of aromatic nitrogens is 14. The van der Waals surface area contributed by atoms with Gasteiger partial charge in [-0.15, -0.1) is 0 Å². The van der Waals surface area contributed by atoms with Crippen molar-refractivity contribution in [3.63, 3.8) is 0 Å². The molecular weight excluding hydrogens is 2090 g/mol. The number of anilines is 3. The van der Waals surface area contributed by atoms with Crippen LogP contribution in [0.15, 0.2) is 80.5 Å². The summed E-state index contributed by atoms with van der Waals surface area (Å²) in [5, 5.41) is 11.8. The Hall–Kier alpha value is -7.35. The van der Waals surface area contributed by atoms with Gasteiger partial charge < -0.3 is 175 Å². The predicted molar refractivity (Wildman–Crippen MR) is 491 cm³/mol. The summed E-state index contributed by atoms with van der Waals surface area (Å²) in [7, 11) is -5.94. The quantitative estimate of drug-likeness (QED) is 0.0101. The van der Waals surface area contributed by atoms with Crippen molar-refractivity contribution in [3.05, 3.63) is 159 Å². The normalized spacial score (nSPS) is 29.2. The summed E-state index contributed by atoms with van der Waals surface area (Å²) in [6.07, 6.45) is -33.1. The van der Waals surface area contributed by atoms with Crippen LogP contribution in [0.1, 0.15) is 85.0 Å². The van der Waals surface area contributed by atoms with E-state index in [-0.39, 0.29) is 98.6 Å². The molecule has 13 heterocycles. The van der Waals surface area contributed by atoms with Gasteiger partial charge in [0.2, 0.25) is 5.95 Å². The highest BCUT2D eigenvalue weighted by atomic mass is 32.7. The molecule has 144 heavy (non-hydrogen) atoms. The third kappa shape index (κ3) is 27.5. The summed E-state index contributed by atoms with van der Waals surface area (Å²) in [4.78, 5) is 204. The Bertz CT molecular complexity index is 6490. The summed E-state index contributed by atoms with van der Waals surface area (Å²) < 4.78 is 205. The maximum atomic E-state index is 15.5. The predicted octanol–water partition coefficient (Wildman–Crippen LogP) is -4.95. The Labute approximate surface area is 829 Å². The van der Waals surface area contributed by atoms with Crippen molar-refractivity contribution < 1.29 is 159 Å². The topological polar surface area (TPSA) is 780 Å². The van der Waals surface area contributed by atoms with Gasteiger partial charge in [0, 0.05) is 101 Å². The fourth-order valence-electron chi connectivity index (χ4n) is 16.2. The van der Waals surface area contributed by atoms with Gasteiger partial charge in [-0.3, -0.25) is 80.2 Å². The van der Waals surface area contributed by atoms with Crippen LogP contribution in [-0.2, 0) is 171 Å². The number of nitrogens with zero attached hydrogens (tertiary/aromatic N) is 10. The smallest absolute Gasteiger partial charge is 0.351 e. The molecule has 11 unspecified atom stereocenters. The first kappa shape index (κ1) is 114. The number of nitrogen functional groups attached to an aromatic ring is 3. The fraction of sp³-hybridized carbons (Fsp3) is 0.671. The Kier molecular flexibility index (Phi) is 38.9. The molecule has 0 aromatic carbocycles. The number of rotatable bonds is 52. The Morgan fingerprint density at radius 2 is 0.764 bits per heavy atom. The van der Waals surface area contributed by atoms with Crippen LogP contribution in [0.3, 0.4) is 0 Å². The summed E-state index contributed by atoms with van der Waals surface area (Å²) >= 11 is 16.6. The van der Waals surface area contributed by atoms with Gasteiger partial charge in [-0.1, -0.05) is 30.5 Å². The summed E-state index contributed by atoms with van der Waals surface area (Å²) in [5.41, 5.74) is 9.40. The lowest BCUT2D eigenvalue weighted by molar-refractivity contribution is -0.241. The van der Waals surface area contributed by atoms with Crippen LogP contribution in [0.4, 0.5) is 17.6 Å². The van der Waals surface area contributed by atoms with E-state index in [0.717, 1.165) is 52.3 Å². The van der Waals surface area contributed by atoms with E-state index in [9.17, 15) is 58.0 Å². The molecule has 6 aliphatic heterocycles. The van der Waals surface area contributed by atoms with Crippen LogP contribution in [0, 0.1) is 34.6 Å². The second-order valence-corrected chi connectivity index (χ2v) is 43.9. The van der Waals surface area contributed by atoms with Crippen molar-refractivity contribution in [2.45, 2.75) is 196 Å². The number of aromatic amines is 4. The van der Waals surface area contributed by atoms with Gasteiger partial charge in [0.15, 0.2) is 49.1 Å². The van der Waals surface area contributed by atoms with Gasteiger partial charge in [-0.2, -0.15) is 15.0 Å². The number of aliphatic hydroxyl groups excluding tert-OH is 1. The highest BCUT2D eigenvalue weighted by Crippen LogP contribution is 2.56. The van der Waals surface area contributed by atoms with E-state index >= 15 is 23.5 Å². The lowest BCUT2D eigenvalue weighted by Crippen LogP contribution is -2.42. The second kappa shape index (κ2) is 49.2. The van der Waals surface area contributed by atoms with Crippen LogP contribution in [0.25, 0.3) is 11.2 Å². The molecule has 0 saturated carbocycles. The number of phosphoric acid groups is 2. The molecule has 0 aliphatic carbocycles. The molecular formula is C76H107N17O43P5S3-5. The molecule has 0 bridgehead atoms. The molecule has 802 valence electrons.